The number of hydrogen-bond acceptors (Lipinski definition) is 2. The zero-order valence-corrected chi connectivity index (χ0v) is 11.0. The van der Waals surface area contributed by atoms with Gasteiger partial charge < -0.3 is 10.0 Å². The van der Waals surface area contributed by atoms with E-state index in [1.165, 1.54) is 0 Å². The van der Waals surface area contributed by atoms with Crippen LogP contribution in [0.1, 0.15) is 30.2 Å². The highest BCUT2D eigenvalue weighted by Crippen LogP contribution is 2.26. The number of benzene rings is 1. The van der Waals surface area contributed by atoms with Gasteiger partial charge in [0, 0.05) is 6.54 Å². The molecule has 1 aliphatic heterocycles. The third-order valence-corrected chi connectivity index (χ3v) is 3.87. The minimum absolute atomic E-state index is 0.0180. The van der Waals surface area contributed by atoms with E-state index in [2.05, 4.69) is 0 Å². The lowest BCUT2D eigenvalue weighted by molar-refractivity contribution is -0.135. The highest BCUT2D eigenvalue weighted by molar-refractivity contribution is 6.30. The number of carbonyl (C=O) groups excluding carboxylic acids is 1. The summed E-state index contributed by atoms with van der Waals surface area (Å²) in [5.41, 5.74) is 0.812. The Kier molecular flexibility index (Phi) is 4.61. The van der Waals surface area contributed by atoms with E-state index in [-0.39, 0.29) is 18.6 Å². The number of aliphatic hydroxyl groups excluding tert-OH is 1. The zero-order valence-electron chi connectivity index (χ0n) is 10.3. The van der Waals surface area contributed by atoms with Crippen LogP contribution in [0, 0.1) is 0 Å². The summed E-state index contributed by atoms with van der Waals surface area (Å²) in [7, 11) is 0. The molecule has 1 aromatic carbocycles. The highest BCUT2D eigenvalue weighted by Gasteiger charge is 2.30. The molecular weight excluding hydrogens is 250 g/mol. The van der Waals surface area contributed by atoms with Crippen LogP contribution in [0.4, 0.5) is 0 Å². The Bertz CT molecular complexity index is 396. The molecule has 1 aliphatic rings. The van der Waals surface area contributed by atoms with Crippen LogP contribution >= 0.6 is 11.6 Å². The molecule has 4 heteroatoms. The molecule has 1 N–H and O–H groups in total. The Hall–Kier alpha value is -1.06. The number of nitrogens with zero attached hydrogens (tertiary/aromatic N) is 1. The summed E-state index contributed by atoms with van der Waals surface area (Å²) >= 11 is 6.24. The van der Waals surface area contributed by atoms with Crippen LogP contribution < -0.4 is 0 Å². The quantitative estimate of drug-likeness (QED) is 0.854. The van der Waals surface area contributed by atoms with Gasteiger partial charge in [-0.2, -0.15) is 0 Å². The number of likely N-dealkylation sites (tertiary alicyclic amines) is 1. The monoisotopic (exact) mass is 267 g/mol. The summed E-state index contributed by atoms with van der Waals surface area (Å²) in [6.07, 6.45) is 2.91. The molecule has 0 spiro atoms. The maximum Gasteiger partial charge on any atom is 0.245 e. The minimum atomic E-state index is -0.654. The van der Waals surface area contributed by atoms with Crippen molar-refractivity contribution in [3.8, 4) is 0 Å². The average Bonchev–Trinajstić information content (AvgIpc) is 2.46. The molecule has 0 aliphatic carbocycles. The fraction of sp³-hybridized carbons (Fsp3) is 0.500. The van der Waals surface area contributed by atoms with Gasteiger partial charge in [-0.15, -0.1) is 11.6 Å². The molecule has 2 rings (SSSR count). The molecule has 2 atom stereocenters. The molecular formula is C14H18ClNO2. The van der Waals surface area contributed by atoms with Crippen LogP contribution in [-0.2, 0) is 4.79 Å². The molecule has 0 radical (unpaired) electrons. The fourth-order valence-corrected chi connectivity index (χ4v) is 2.66. The molecule has 1 amide bonds. The van der Waals surface area contributed by atoms with Crippen LogP contribution in [-0.4, -0.2) is 35.1 Å². The maximum absolute atomic E-state index is 12.4. The van der Waals surface area contributed by atoms with Crippen molar-refractivity contribution in [1.82, 2.24) is 4.90 Å². The lowest BCUT2D eigenvalue weighted by atomic mass is 10.0. The van der Waals surface area contributed by atoms with Gasteiger partial charge >= 0.3 is 0 Å². The Morgan fingerprint density at radius 1 is 1.39 bits per heavy atom. The second-order valence-corrected chi connectivity index (χ2v) is 5.07. The second-order valence-electron chi connectivity index (χ2n) is 4.64. The summed E-state index contributed by atoms with van der Waals surface area (Å²) in [4.78, 5) is 14.1. The predicted octanol–water partition coefficient (Wildman–Crippen LogP) is 2.34. The average molecular weight is 268 g/mol. The van der Waals surface area contributed by atoms with Gasteiger partial charge in [0.25, 0.3) is 0 Å². The van der Waals surface area contributed by atoms with Crippen molar-refractivity contribution >= 4 is 17.5 Å². The van der Waals surface area contributed by atoms with Crippen LogP contribution in [0.2, 0.25) is 0 Å². The summed E-state index contributed by atoms with van der Waals surface area (Å²) < 4.78 is 0. The van der Waals surface area contributed by atoms with Gasteiger partial charge in [0.15, 0.2) is 0 Å². The number of piperidine rings is 1. The summed E-state index contributed by atoms with van der Waals surface area (Å²) in [6, 6.07) is 9.28. The van der Waals surface area contributed by atoms with Crippen LogP contribution in [0.25, 0.3) is 0 Å². The molecule has 3 nitrogen and oxygen atoms in total. The van der Waals surface area contributed by atoms with Crippen molar-refractivity contribution in [2.45, 2.75) is 30.7 Å². The summed E-state index contributed by atoms with van der Waals surface area (Å²) in [5.74, 6) is -0.0957. The third kappa shape index (κ3) is 2.85. The number of amides is 1. The van der Waals surface area contributed by atoms with E-state index in [4.69, 9.17) is 11.6 Å². The topological polar surface area (TPSA) is 40.5 Å². The molecule has 0 bridgehead atoms. The summed E-state index contributed by atoms with van der Waals surface area (Å²) in [6.45, 7) is 0.713. The van der Waals surface area contributed by atoms with Crippen molar-refractivity contribution < 1.29 is 9.90 Å². The van der Waals surface area contributed by atoms with E-state index in [0.717, 1.165) is 24.8 Å². The van der Waals surface area contributed by atoms with E-state index in [0.29, 0.717) is 6.54 Å². The lowest BCUT2D eigenvalue weighted by Gasteiger charge is -2.35. The molecule has 2 unspecified atom stereocenters. The van der Waals surface area contributed by atoms with Crippen LogP contribution in [0.5, 0.6) is 0 Å². The SMILES string of the molecule is O=C(C(Cl)c1ccccc1)N1CCCCC1CO. The Labute approximate surface area is 112 Å². The van der Waals surface area contributed by atoms with E-state index in [1.54, 1.807) is 4.90 Å². The smallest absolute Gasteiger partial charge is 0.245 e. The second kappa shape index (κ2) is 6.21. The van der Waals surface area contributed by atoms with Gasteiger partial charge in [-0.1, -0.05) is 30.3 Å². The van der Waals surface area contributed by atoms with Crippen molar-refractivity contribution in [1.29, 1.82) is 0 Å². The molecule has 1 fully saturated rings. The van der Waals surface area contributed by atoms with Gasteiger partial charge in [-0.05, 0) is 24.8 Å². The van der Waals surface area contributed by atoms with Crippen molar-refractivity contribution in [3.05, 3.63) is 35.9 Å². The number of rotatable bonds is 3. The number of hydrogen-bond donors (Lipinski definition) is 1. The Morgan fingerprint density at radius 3 is 2.78 bits per heavy atom. The zero-order chi connectivity index (χ0) is 13.0. The van der Waals surface area contributed by atoms with E-state index in [9.17, 15) is 9.90 Å². The van der Waals surface area contributed by atoms with E-state index in [1.807, 2.05) is 30.3 Å². The van der Waals surface area contributed by atoms with Gasteiger partial charge in [-0.3, -0.25) is 4.79 Å². The molecule has 98 valence electrons. The number of halogens is 1. The molecule has 1 heterocycles. The fourth-order valence-electron chi connectivity index (χ4n) is 2.39. The molecule has 1 saturated heterocycles. The number of alkyl halides is 1. The van der Waals surface area contributed by atoms with Gasteiger partial charge in [0.05, 0.1) is 12.6 Å². The minimum Gasteiger partial charge on any atom is -0.394 e. The normalized spacial score (nSPS) is 21.7. The first-order chi connectivity index (χ1) is 8.74. The first-order valence-corrected chi connectivity index (χ1v) is 6.78. The van der Waals surface area contributed by atoms with Gasteiger partial charge in [-0.25, -0.2) is 0 Å². The van der Waals surface area contributed by atoms with Crippen LogP contribution in [0.15, 0.2) is 30.3 Å². The van der Waals surface area contributed by atoms with Crippen molar-refractivity contribution in [2.75, 3.05) is 13.2 Å². The van der Waals surface area contributed by atoms with Crippen molar-refractivity contribution in [2.24, 2.45) is 0 Å². The third-order valence-electron chi connectivity index (χ3n) is 3.43. The lowest BCUT2D eigenvalue weighted by Crippen LogP contribution is -2.46. The van der Waals surface area contributed by atoms with E-state index < -0.39 is 5.38 Å². The number of carbonyl (C=O) groups is 1. The molecule has 18 heavy (non-hydrogen) atoms. The van der Waals surface area contributed by atoms with Gasteiger partial charge in [0.1, 0.15) is 5.38 Å². The van der Waals surface area contributed by atoms with Crippen LogP contribution in [0.3, 0.4) is 0 Å². The molecule has 0 aromatic heterocycles. The largest absolute Gasteiger partial charge is 0.394 e. The van der Waals surface area contributed by atoms with E-state index >= 15 is 0 Å². The Balaban J connectivity index is 2.10. The standard InChI is InChI=1S/C14H18ClNO2/c15-13(11-6-2-1-3-7-11)14(18)16-9-5-4-8-12(16)10-17/h1-3,6-7,12-13,17H,4-5,8-10H2. The van der Waals surface area contributed by atoms with Gasteiger partial charge in [0.2, 0.25) is 5.91 Å². The Morgan fingerprint density at radius 2 is 2.11 bits per heavy atom. The van der Waals surface area contributed by atoms with Crippen molar-refractivity contribution in [3.63, 3.8) is 0 Å². The maximum atomic E-state index is 12.4. The summed E-state index contributed by atoms with van der Waals surface area (Å²) in [5, 5.41) is 8.67. The predicted molar refractivity (Wildman–Crippen MR) is 71.5 cm³/mol. The first kappa shape index (κ1) is 13.4. The molecule has 1 aromatic rings. The number of aliphatic hydroxyl groups is 1. The first-order valence-electron chi connectivity index (χ1n) is 6.34. The highest BCUT2D eigenvalue weighted by atomic mass is 35.5. The molecule has 0 saturated carbocycles.